The molecule has 0 radical (unpaired) electrons. The van der Waals surface area contributed by atoms with Crippen LogP contribution >= 0.6 is 0 Å². The van der Waals surface area contributed by atoms with Crippen LogP contribution in [0.3, 0.4) is 0 Å². The summed E-state index contributed by atoms with van der Waals surface area (Å²) in [5.74, 6) is 0. The van der Waals surface area contributed by atoms with E-state index in [0.717, 1.165) is 11.0 Å². The van der Waals surface area contributed by atoms with Gasteiger partial charge in [0, 0.05) is 27.5 Å². The fourth-order valence-electron chi connectivity index (χ4n) is 5.94. The Kier molecular flexibility index (Phi) is 5.15. The first-order valence-electron chi connectivity index (χ1n) is 12.2. The second-order valence-electron chi connectivity index (χ2n) is 9.10. The fourth-order valence-corrected chi connectivity index (χ4v) is 5.94. The van der Waals surface area contributed by atoms with Crippen molar-refractivity contribution < 1.29 is 0 Å². The average molecular weight is 453 g/mol. The highest BCUT2D eigenvalue weighted by Crippen LogP contribution is 2.59. The summed E-state index contributed by atoms with van der Waals surface area (Å²) in [7, 11) is 0. The van der Waals surface area contributed by atoms with Gasteiger partial charge in [-0.15, -0.1) is 0 Å². The third-order valence-corrected chi connectivity index (χ3v) is 7.28. The smallest absolute Gasteiger partial charge is 0.0714 e. The Labute approximate surface area is 206 Å². The summed E-state index contributed by atoms with van der Waals surface area (Å²) < 4.78 is 0. The summed E-state index contributed by atoms with van der Waals surface area (Å²) in [6.45, 7) is 6.16. The number of fused-ring (bicyclic) bond motifs is 5. The first-order chi connectivity index (χ1) is 17.3. The van der Waals surface area contributed by atoms with Crippen LogP contribution < -0.4 is 5.32 Å². The minimum Gasteiger partial charge on any atom is -0.376 e. The molecule has 1 aliphatic heterocycles. The van der Waals surface area contributed by atoms with Crippen molar-refractivity contribution in [3.05, 3.63) is 150 Å². The van der Waals surface area contributed by atoms with Gasteiger partial charge in [0.15, 0.2) is 0 Å². The van der Waals surface area contributed by atoms with Gasteiger partial charge in [0.2, 0.25) is 0 Å². The summed E-state index contributed by atoms with van der Waals surface area (Å²) >= 11 is 0. The van der Waals surface area contributed by atoms with Crippen LogP contribution in [0.1, 0.15) is 29.7 Å². The van der Waals surface area contributed by atoms with Crippen LogP contribution in [0.2, 0.25) is 0 Å². The summed E-state index contributed by atoms with van der Waals surface area (Å²) in [4.78, 5) is 3.62. The predicted molar refractivity (Wildman–Crippen MR) is 149 cm³/mol. The number of allylic oxidation sites excluding steroid dienone is 4. The van der Waals surface area contributed by atoms with E-state index < -0.39 is 5.41 Å². The van der Waals surface area contributed by atoms with Crippen LogP contribution in [0.15, 0.2) is 134 Å². The summed E-state index contributed by atoms with van der Waals surface area (Å²) in [5.41, 5.74) is 8.05. The second kappa shape index (κ2) is 8.48. The lowest BCUT2D eigenvalue weighted by Gasteiger charge is -2.38. The van der Waals surface area contributed by atoms with Gasteiger partial charge in [-0.3, -0.25) is 0 Å². The minimum atomic E-state index is -0.439. The van der Waals surface area contributed by atoms with Crippen molar-refractivity contribution in [2.24, 2.45) is 0 Å². The van der Waals surface area contributed by atoms with E-state index in [-0.39, 0.29) is 6.04 Å². The van der Waals surface area contributed by atoms with Crippen molar-refractivity contribution >= 4 is 27.5 Å². The molecule has 35 heavy (non-hydrogen) atoms. The number of anilines is 1. The van der Waals surface area contributed by atoms with E-state index in [1.807, 2.05) is 6.08 Å². The molecule has 2 unspecified atom stereocenters. The molecule has 5 aromatic rings. The van der Waals surface area contributed by atoms with Crippen LogP contribution in [0.25, 0.3) is 21.8 Å². The largest absolute Gasteiger partial charge is 0.376 e. The number of aromatic nitrogens is 1. The molecule has 6 rings (SSSR count). The van der Waals surface area contributed by atoms with Gasteiger partial charge in [0.25, 0.3) is 0 Å². The van der Waals surface area contributed by atoms with Crippen molar-refractivity contribution in [2.45, 2.75) is 18.4 Å². The van der Waals surface area contributed by atoms with Crippen molar-refractivity contribution in [3.63, 3.8) is 0 Å². The maximum absolute atomic E-state index is 4.08. The van der Waals surface area contributed by atoms with Gasteiger partial charge in [-0.2, -0.15) is 0 Å². The molecule has 1 aliphatic rings. The van der Waals surface area contributed by atoms with E-state index in [9.17, 15) is 0 Å². The van der Waals surface area contributed by atoms with Crippen LogP contribution in [0.4, 0.5) is 5.69 Å². The van der Waals surface area contributed by atoms with E-state index in [1.54, 1.807) is 0 Å². The van der Waals surface area contributed by atoms with E-state index >= 15 is 0 Å². The van der Waals surface area contributed by atoms with Crippen LogP contribution in [0.5, 0.6) is 0 Å². The Morgan fingerprint density at radius 2 is 1.54 bits per heavy atom. The van der Waals surface area contributed by atoms with Crippen molar-refractivity contribution in [1.29, 1.82) is 0 Å². The number of nitrogens with one attached hydrogen (secondary N) is 2. The second-order valence-corrected chi connectivity index (χ2v) is 9.10. The fraction of sp³-hybridized carbons (Fsp3) is 0.0909. The lowest BCUT2D eigenvalue weighted by Crippen LogP contribution is -2.35. The molecule has 0 saturated heterocycles. The lowest BCUT2D eigenvalue weighted by molar-refractivity contribution is 0.552. The number of para-hydroxylation sites is 1. The molecule has 170 valence electrons. The van der Waals surface area contributed by atoms with E-state index in [0.29, 0.717) is 0 Å². The molecule has 0 saturated carbocycles. The maximum atomic E-state index is 4.08. The van der Waals surface area contributed by atoms with Gasteiger partial charge in [-0.1, -0.05) is 116 Å². The molecule has 1 aromatic heterocycles. The van der Waals surface area contributed by atoms with Crippen molar-refractivity contribution in [1.82, 2.24) is 4.98 Å². The number of aromatic amines is 1. The Bertz CT molecular complexity index is 1590. The Morgan fingerprint density at radius 3 is 2.29 bits per heavy atom. The molecular formula is C33H28N2. The number of H-pyrrole nitrogens is 1. The zero-order valence-electron chi connectivity index (χ0n) is 19.8. The molecule has 2 heteroatoms. The maximum Gasteiger partial charge on any atom is 0.0714 e. The van der Waals surface area contributed by atoms with Gasteiger partial charge in [0.05, 0.1) is 11.5 Å². The summed E-state index contributed by atoms with van der Waals surface area (Å²) in [6.07, 6.45) is 8.44. The van der Waals surface area contributed by atoms with Gasteiger partial charge in [-0.25, -0.2) is 0 Å². The van der Waals surface area contributed by atoms with E-state index in [1.165, 1.54) is 38.7 Å². The van der Waals surface area contributed by atoms with Crippen LogP contribution in [-0.2, 0) is 5.41 Å². The Morgan fingerprint density at radius 1 is 0.829 bits per heavy atom. The van der Waals surface area contributed by atoms with Gasteiger partial charge in [0.1, 0.15) is 0 Å². The predicted octanol–water partition coefficient (Wildman–Crippen LogP) is 8.46. The zero-order chi connectivity index (χ0) is 23.8. The molecule has 0 spiro atoms. The zero-order valence-corrected chi connectivity index (χ0v) is 19.8. The molecule has 0 bridgehead atoms. The molecule has 2 N–H and O–H groups in total. The minimum absolute atomic E-state index is 0.00256. The molecule has 0 aliphatic carbocycles. The topological polar surface area (TPSA) is 27.8 Å². The van der Waals surface area contributed by atoms with Gasteiger partial charge < -0.3 is 10.3 Å². The third kappa shape index (κ3) is 3.10. The van der Waals surface area contributed by atoms with Gasteiger partial charge >= 0.3 is 0 Å². The average Bonchev–Trinajstić information content (AvgIpc) is 3.46. The van der Waals surface area contributed by atoms with E-state index in [2.05, 4.69) is 139 Å². The van der Waals surface area contributed by atoms with E-state index in [4.69, 9.17) is 0 Å². The first-order valence-corrected chi connectivity index (χ1v) is 12.2. The van der Waals surface area contributed by atoms with Crippen LogP contribution in [-0.4, -0.2) is 4.98 Å². The summed E-state index contributed by atoms with van der Waals surface area (Å²) in [5, 5.41) is 6.51. The Balaban J connectivity index is 1.79. The number of hydrogen-bond acceptors (Lipinski definition) is 1. The highest BCUT2D eigenvalue weighted by Gasteiger charge is 2.51. The number of rotatable bonds is 5. The molecule has 2 atom stereocenters. The number of hydrogen-bond donors (Lipinski definition) is 2. The third-order valence-electron chi connectivity index (χ3n) is 7.28. The number of benzene rings is 4. The van der Waals surface area contributed by atoms with Crippen LogP contribution in [0, 0.1) is 0 Å². The molecular weight excluding hydrogens is 424 g/mol. The molecule has 0 fully saturated rings. The standard InChI is InChI=1S/C33H28N2/c1-3-13-24(14-4-2)33(25-17-9-6-10-18-25)27-21-22-29-30(26-19-11-12-20-28(26)34-29)31(27)35-32(33)23-15-7-5-8-16-23/h3-22,32,34-35H,1H2,2H3/b14-4-,24-13+. The molecule has 2 nitrogen and oxygen atoms in total. The Hall–Kier alpha value is -4.30. The van der Waals surface area contributed by atoms with Gasteiger partial charge in [-0.05, 0) is 41.3 Å². The summed E-state index contributed by atoms with van der Waals surface area (Å²) in [6, 6.07) is 34.8. The lowest BCUT2D eigenvalue weighted by atomic mass is 9.64. The highest BCUT2D eigenvalue weighted by atomic mass is 15.0. The normalized spacial score (nSPS) is 19.8. The molecule has 0 amide bonds. The SMILES string of the molecule is C=C/C=C(\C=C/C)C1(c2ccccc2)c2ccc3[nH]c4ccccc4c3c2NC1c1ccccc1. The van der Waals surface area contributed by atoms with Crippen molar-refractivity contribution in [2.75, 3.05) is 5.32 Å². The van der Waals surface area contributed by atoms with Crippen molar-refractivity contribution in [3.8, 4) is 0 Å². The first kappa shape index (κ1) is 21.2. The monoisotopic (exact) mass is 452 g/mol. The molecule has 2 heterocycles. The molecule has 4 aromatic carbocycles. The highest BCUT2D eigenvalue weighted by molar-refractivity contribution is 6.15. The quantitative estimate of drug-likeness (QED) is 0.257.